The zero-order valence-electron chi connectivity index (χ0n) is 16.4. The van der Waals surface area contributed by atoms with E-state index in [0.717, 1.165) is 5.56 Å². The van der Waals surface area contributed by atoms with Gasteiger partial charge in [0, 0.05) is 6.54 Å². The van der Waals surface area contributed by atoms with Crippen molar-refractivity contribution < 1.29 is 33.0 Å². The van der Waals surface area contributed by atoms with Crippen molar-refractivity contribution in [2.45, 2.75) is 18.2 Å². The van der Waals surface area contributed by atoms with E-state index in [0.29, 0.717) is 23.5 Å². The Balaban J connectivity index is 1.32. The van der Waals surface area contributed by atoms with Crippen molar-refractivity contribution in [3.8, 4) is 5.75 Å². The molecule has 160 valence electrons. The number of halogens is 1. The number of likely N-dealkylation sites (tertiary alicyclic amines) is 1. The molecule has 1 aromatic heterocycles. The molecule has 2 fully saturated rings. The number of esters is 2. The number of amides is 1. The molecule has 0 saturated carbocycles. The molecule has 0 N–H and O–H groups in total. The fraction of sp³-hybridized carbons (Fsp3) is 0.318. The van der Waals surface area contributed by atoms with E-state index in [1.165, 1.54) is 13.2 Å². The Morgan fingerprint density at radius 1 is 1.29 bits per heavy atom. The third-order valence-corrected chi connectivity index (χ3v) is 6.34. The molecule has 4 atom stereocenters. The van der Waals surface area contributed by atoms with Gasteiger partial charge in [0.05, 0.1) is 25.7 Å². The van der Waals surface area contributed by atoms with Crippen molar-refractivity contribution in [3.05, 3.63) is 64.5 Å². The standard InChI is InChI=1S/C22H18BrNO7/c1-28-21(27)17-14-7-8-22(31-14)11-24(19(25)18(17)22)10-12-3-2-4-13(9-12)29-20(26)15-5-6-16(23)30-15/h2-9,14,17-18H,10-11H2,1H3/t14-,17-,18-,22+/m1/s1. The van der Waals surface area contributed by atoms with Crippen LogP contribution in [0.1, 0.15) is 16.1 Å². The molecule has 0 unspecified atom stereocenters. The van der Waals surface area contributed by atoms with E-state index >= 15 is 0 Å². The minimum atomic E-state index is -0.794. The molecule has 4 heterocycles. The Kier molecular flexibility index (Phi) is 4.75. The molecule has 1 aromatic carbocycles. The minimum Gasteiger partial charge on any atom is -0.469 e. The summed E-state index contributed by atoms with van der Waals surface area (Å²) in [5.74, 6) is -2.01. The second-order valence-electron chi connectivity index (χ2n) is 7.76. The van der Waals surface area contributed by atoms with E-state index in [9.17, 15) is 14.4 Å². The lowest BCUT2D eigenvalue weighted by atomic mass is 9.77. The number of hydrogen-bond donors (Lipinski definition) is 0. The first-order valence-corrected chi connectivity index (χ1v) is 10.5. The summed E-state index contributed by atoms with van der Waals surface area (Å²) < 4.78 is 21.9. The van der Waals surface area contributed by atoms with Gasteiger partial charge in [-0.05, 0) is 45.8 Å². The van der Waals surface area contributed by atoms with E-state index in [1.807, 2.05) is 18.2 Å². The molecule has 3 aliphatic rings. The van der Waals surface area contributed by atoms with Crippen LogP contribution in [0.4, 0.5) is 0 Å². The number of carbonyl (C=O) groups is 3. The zero-order valence-corrected chi connectivity index (χ0v) is 18.0. The van der Waals surface area contributed by atoms with E-state index in [1.54, 1.807) is 29.2 Å². The fourth-order valence-electron chi connectivity index (χ4n) is 4.63. The lowest BCUT2D eigenvalue weighted by molar-refractivity contribution is -0.151. The summed E-state index contributed by atoms with van der Waals surface area (Å²) in [6.07, 6.45) is 3.30. The average molecular weight is 488 g/mol. The monoisotopic (exact) mass is 487 g/mol. The van der Waals surface area contributed by atoms with Crippen LogP contribution in [0.3, 0.4) is 0 Å². The molecule has 0 radical (unpaired) electrons. The normalized spacial score (nSPS) is 28.1. The molecule has 8 nitrogen and oxygen atoms in total. The van der Waals surface area contributed by atoms with E-state index in [2.05, 4.69) is 15.9 Å². The maximum atomic E-state index is 13.2. The number of benzene rings is 1. The first-order chi connectivity index (χ1) is 14.9. The lowest BCUT2D eigenvalue weighted by Gasteiger charge is -2.22. The van der Waals surface area contributed by atoms with Crippen molar-refractivity contribution in [2.75, 3.05) is 13.7 Å². The van der Waals surface area contributed by atoms with Crippen LogP contribution >= 0.6 is 15.9 Å². The second-order valence-corrected chi connectivity index (χ2v) is 8.54. The fourth-order valence-corrected chi connectivity index (χ4v) is 4.93. The molecule has 31 heavy (non-hydrogen) atoms. The maximum absolute atomic E-state index is 13.2. The summed E-state index contributed by atoms with van der Waals surface area (Å²) in [5.41, 5.74) is -0.0130. The number of ether oxygens (including phenoxy) is 3. The van der Waals surface area contributed by atoms with Gasteiger partial charge in [0.25, 0.3) is 0 Å². The van der Waals surface area contributed by atoms with Crippen LogP contribution < -0.4 is 4.74 Å². The number of hydrogen-bond acceptors (Lipinski definition) is 7. The van der Waals surface area contributed by atoms with Crippen LogP contribution in [0.15, 0.2) is 57.6 Å². The highest BCUT2D eigenvalue weighted by Crippen LogP contribution is 2.52. The van der Waals surface area contributed by atoms with Gasteiger partial charge in [0.1, 0.15) is 17.3 Å². The van der Waals surface area contributed by atoms with E-state index < -0.39 is 35.5 Å². The van der Waals surface area contributed by atoms with Gasteiger partial charge in [-0.15, -0.1) is 0 Å². The first kappa shape index (κ1) is 20.0. The molecule has 2 saturated heterocycles. The van der Waals surface area contributed by atoms with Gasteiger partial charge < -0.3 is 23.5 Å². The van der Waals surface area contributed by atoms with Gasteiger partial charge in [0.15, 0.2) is 4.67 Å². The topological polar surface area (TPSA) is 95.3 Å². The minimum absolute atomic E-state index is 0.0764. The Bertz CT molecular complexity index is 1110. The number of fused-ring (bicyclic) bond motifs is 1. The van der Waals surface area contributed by atoms with Gasteiger partial charge >= 0.3 is 11.9 Å². The number of rotatable bonds is 5. The predicted molar refractivity (Wildman–Crippen MR) is 109 cm³/mol. The number of furan rings is 1. The van der Waals surface area contributed by atoms with Crippen molar-refractivity contribution in [2.24, 2.45) is 11.8 Å². The molecule has 1 spiro atoms. The summed E-state index contributed by atoms with van der Waals surface area (Å²) in [5, 5.41) is 0. The Hall–Kier alpha value is -2.91. The summed E-state index contributed by atoms with van der Waals surface area (Å²) in [6.45, 7) is 0.645. The van der Waals surface area contributed by atoms with Crippen molar-refractivity contribution >= 4 is 33.8 Å². The van der Waals surface area contributed by atoms with Gasteiger partial charge in [-0.1, -0.05) is 24.3 Å². The number of nitrogens with zero attached hydrogens (tertiary/aromatic N) is 1. The smallest absolute Gasteiger partial charge is 0.379 e. The highest BCUT2D eigenvalue weighted by molar-refractivity contribution is 9.10. The van der Waals surface area contributed by atoms with Crippen molar-refractivity contribution in [3.63, 3.8) is 0 Å². The molecule has 2 bridgehead atoms. The molecular formula is C22H18BrNO7. The van der Waals surface area contributed by atoms with Crippen LogP contribution in [0.5, 0.6) is 5.75 Å². The second kappa shape index (κ2) is 7.35. The Morgan fingerprint density at radius 2 is 2.13 bits per heavy atom. The summed E-state index contributed by atoms with van der Waals surface area (Å²) in [4.78, 5) is 39.3. The van der Waals surface area contributed by atoms with Crippen LogP contribution in [0.25, 0.3) is 0 Å². The molecule has 2 aromatic rings. The molecule has 3 aliphatic heterocycles. The third kappa shape index (κ3) is 3.28. The summed E-state index contributed by atoms with van der Waals surface area (Å²) >= 11 is 3.15. The van der Waals surface area contributed by atoms with Crippen LogP contribution in [-0.4, -0.2) is 48.1 Å². The molecular weight excluding hydrogens is 470 g/mol. The van der Waals surface area contributed by atoms with Gasteiger partial charge in [-0.2, -0.15) is 0 Å². The van der Waals surface area contributed by atoms with E-state index in [4.69, 9.17) is 18.6 Å². The zero-order chi connectivity index (χ0) is 21.8. The third-order valence-electron chi connectivity index (χ3n) is 5.91. The Morgan fingerprint density at radius 3 is 2.87 bits per heavy atom. The summed E-state index contributed by atoms with van der Waals surface area (Å²) in [6, 6.07) is 10.0. The van der Waals surface area contributed by atoms with Gasteiger partial charge in [-0.3, -0.25) is 9.59 Å². The van der Waals surface area contributed by atoms with Crippen molar-refractivity contribution in [1.29, 1.82) is 0 Å². The molecule has 1 amide bonds. The first-order valence-electron chi connectivity index (χ1n) is 9.70. The lowest BCUT2D eigenvalue weighted by Crippen LogP contribution is -2.39. The molecule has 0 aliphatic carbocycles. The Labute approximate surface area is 185 Å². The van der Waals surface area contributed by atoms with E-state index in [-0.39, 0.29) is 11.7 Å². The molecule has 9 heteroatoms. The van der Waals surface area contributed by atoms with Crippen molar-refractivity contribution in [1.82, 2.24) is 4.90 Å². The maximum Gasteiger partial charge on any atom is 0.379 e. The van der Waals surface area contributed by atoms with Crippen LogP contribution in [0, 0.1) is 11.8 Å². The molecule has 5 rings (SSSR count). The number of methoxy groups -OCH3 is 1. The highest BCUT2D eigenvalue weighted by Gasteiger charge is 2.67. The van der Waals surface area contributed by atoms with Crippen LogP contribution in [0.2, 0.25) is 0 Å². The highest BCUT2D eigenvalue weighted by atomic mass is 79.9. The predicted octanol–water partition coefficient (Wildman–Crippen LogP) is 2.72. The van der Waals surface area contributed by atoms with Gasteiger partial charge in [0.2, 0.25) is 11.7 Å². The number of carbonyl (C=O) groups excluding carboxylic acids is 3. The SMILES string of the molecule is COC(=O)[C@@H]1[C@H]2C=C[C@@]3(CN(Cc4cccc(OC(=O)c5ccc(Br)o5)c4)C(=O)[C@@H]13)O2. The van der Waals surface area contributed by atoms with Gasteiger partial charge in [-0.25, -0.2) is 4.79 Å². The van der Waals surface area contributed by atoms with Crippen LogP contribution in [-0.2, 0) is 25.6 Å². The largest absolute Gasteiger partial charge is 0.469 e. The summed E-state index contributed by atoms with van der Waals surface area (Å²) in [7, 11) is 1.32. The average Bonchev–Trinajstić information content (AvgIpc) is 3.49. The quantitative estimate of drug-likeness (QED) is 0.363.